The Morgan fingerprint density at radius 2 is 2.30 bits per heavy atom. The van der Waals surface area contributed by atoms with E-state index in [1.165, 1.54) is 0 Å². The maximum Gasteiger partial charge on any atom is 0.0868 e. The van der Waals surface area contributed by atoms with E-state index in [0.29, 0.717) is 0 Å². The van der Waals surface area contributed by atoms with E-state index in [1.807, 2.05) is 6.92 Å². The zero-order chi connectivity index (χ0) is 7.98. The lowest BCUT2D eigenvalue weighted by molar-refractivity contribution is 0.180. The van der Waals surface area contributed by atoms with Crippen LogP contribution in [0.15, 0.2) is 12.7 Å². The summed E-state index contributed by atoms with van der Waals surface area (Å²) in [6.07, 6.45) is 2.22. The first-order chi connectivity index (χ1) is 4.72. The summed E-state index contributed by atoms with van der Waals surface area (Å²) in [5.74, 6) is 0. The normalized spacial score (nSPS) is 16.3. The molecule has 0 aliphatic heterocycles. The van der Waals surface area contributed by atoms with E-state index >= 15 is 0 Å². The van der Waals surface area contributed by atoms with Crippen molar-refractivity contribution in [3.05, 3.63) is 12.7 Å². The summed E-state index contributed by atoms with van der Waals surface area (Å²) in [6, 6.07) is 0.123. The Balaban J connectivity index is 3.40. The Hall–Kier alpha value is -0.340. The van der Waals surface area contributed by atoms with E-state index in [2.05, 4.69) is 18.8 Å². The molecule has 2 N–H and O–H groups in total. The summed E-state index contributed by atoms with van der Waals surface area (Å²) >= 11 is 0. The molecule has 0 aromatic heterocycles. The smallest absolute Gasteiger partial charge is 0.0868 e. The van der Waals surface area contributed by atoms with E-state index in [-0.39, 0.29) is 6.04 Å². The molecule has 0 spiro atoms. The van der Waals surface area contributed by atoms with Crippen LogP contribution in [0.4, 0.5) is 0 Å². The van der Waals surface area contributed by atoms with E-state index in [0.717, 1.165) is 13.0 Å². The van der Waals surface area contributed by atoms with Crippen LogP contribution in [0.2, 0.25) is 0 Å². The average molecular weight is 143 g/mol. The molecule has 2 atom stereocenters. The molecule has 0 aliphatic rings. The predicted molar refractivity (Wildman–Crippen MR) is 44.0 cm³/mol. The van der Waals surface area contributed by atoms with Gasteiger partial charge in [0, 0.05) is 6.04 Å². The van der Waals surface area contributed by atoms with E-state index < -0.39 is 6.10 Å². The molecule has 0 aromatic rings. The number of aliphatic hydroxyl groups excluding tert-OH is 1. The van der Waals surface area contributed by atoms with Gasteiger partial charge in [0.2, 0.25) is 0 Å². The number of aliphatic hydroxyl groups is 1. The monoisotopic (exact) mass is 143 g/mol. The van der Waals surface area contributed by atoms with Crippen molar-refractivity contribution in [3.63, 3.8) is 0 Å². The van der Waals surface area contributed by atoms with Crippen molar-refractivity contribution in [2.24, 2.45) is 0 Å². The van der Waals surface area contributed by atoms with Crippen molar-refractivity contribution < 1.29 is 5.11 Å². The Bertz CT molecular complexity index is 93.3. The molecule has 0 amide bonds. The summed E-state index contributed by atoms with van der Waals surface area (Å²) in [7, 11) is 0. The van der Waals surface area contributed by atoms with Crippen molar-refractivity contribution in [2.75, 3.05) is 6.54 Å². The first-order valence-corrected chi connectivity index (χ1v) is 3.76. The second-order valence-electron chi connectivity index (χ2n) is 2.47. The Labute approximate surface area is 62.9 Å². The van der Waals surface area contributed by atoms with Crippen LogP contribution < -0.4 is 5.32 Å². The second kappa shape index (κ2) is 5.45. The van der Waals surface area contributed by atoms with Crippen LogP contribution >= 0.6 is 0 Å². The highest BCUT2D eigenvalue weighted by Gasteiger charge is 2.07. The van der Waals surface area contributed by atoms with Crippen LogP contribution in [0.25, 0.3) is 0 Å². The molecule has 0 aromatic carbocycles. The lowest BCUT2D eigenvalue weighted by Gasteiger charge is -2.16. The lowest BCUT2D eigenvalue weighted by atomic mass is 10.2. The summed E-state index contributed by atoms with van der Waals surface area (Å²) in [4.78, 5) is 0. The molecule has 0 saturated carbocycles. The van der Waals surface area contributed by atoms with Gasteiger partial charge in [-0.3, -0.25) is 0 Å². The zero-order valence-corrected chi connectivity index (χ0v) is 6.80. The maximum atomic E-state index is 9.17. The summed E-state index contributed by atoms with van der Waals surface area (Å²) in [6.45, 7) is 8.49. The highest BCUT2D eigenvalue weighted by atomic mass is 16.3. The quantitative estimate of drug-likeness (QED) is 0.561. The van der Waals surface area contributed by atoms with E-state index in [1.54, 1.807) is 6.08 Å². The molecule has 2 nitrogen and oxygen atoms in total. The van der Waals surface area contributed by atoms with Gasteiger partial charge in [-0.2, -0.15) is 0 Å². The standard InChI is InChI=1S/C8H17NO/c1-4-6-9-7(3)8(10)5-2/h5,7-10H,2,4,6H2,1,3H3/t7-,8+/m1/s1. The molecule has 60 valence electrons. The molecule has 0 saturated heterocycles. The number of rotatable bonds is 5. The van der Waals surface area contributed by atoms with Crippen molar-refractivity contribution in [2.45, 2.75) is 32.4 Å². The molecule has 0 bridgehead atoms. The maximum absolute atomic E-state index is 9.17. The third-order valence-corrected chi connectivity index (χ3v) is 1.47. The number of hydrogen-bond acceptors (Lipinski definition) is 2. The molecule has 0 radical (unpaired) electrons. The van der Waals surface area contributed by atoms with Crippen LogP contribution in [0.3, 0.4) is 0 Å². The minimum Gasteiger partial charge on any atom is -0.387 e. The van der Waals surface area contributed by atoms with Gasteiger partial charge >= 0.3 is 0 Å². The lowest BCUT2D eigenvalue weighted by Crippen LogP contribution is -2.36. The minimum absolute atomic E-state index is 0.123. The molecule has 0 rings (SSSR count). The summed E-state index contributed by atoms with van der Waals surface area (Å²) in [5.41, 5.74) is 0. The highest BCUT2D eigenvalue weighted by molar-refractivity contribution is 4.85. The van der Waals surface area contributed by atoms with Crippen LogP contribution in [-0.4, -0.2) is 23.8 Å². The fourth-order valence-corrected chi connectivity index (χ4v) is 0.697. The molecule has 0 aliphatic carbocycles. The van der Waals surface area contributed by atoms with Crippen LogP contribution in [-0.2, 0) is 0 Å². The Morgan fingerprint density at radius 1 is 1.70 bits per heavy atom. The van der Waals surface area contributed by atoms with Gasteiger partial charge in [0.1, 0.15) is 0 Å². The molecule has 0 heterocycles. The van der Waals surface area contributed by atoms with Gasteiger partial charge < -0.3 is 10.4 Å². The number of hydrogen-bond donors (Lipinski definition) is 2. The molecule has 10 heavy (non-hydrogen) atoms. The van der Waals surface area contributed by atoms with E-state index in [9.17, 15) is 5.11 Å². The minimum atomic E-state index is -0.424. The van der Waals surface area contributed by atoms with Crippen LogP contribution in [0.1, 0.15) is 20.3 Å². The third-order valence-electron chi connectivity index (χ3n) is 1.47. The first kappa shape index (κ1) is 9.66. The largest absolute Gasteiger partial charge is 0.387 e. The molecule has 0 fully saturated rings. The van der Waals surface area contributed by atoms with Crippen molar-refractivity contribution in [1.82, 2.24) is 5.32 Å². The van der Waals surface area contributed by atoms with Crippen molar-refractivity contribution in [3.8, 4) is 0 Å². The molecule has 0 unspecified atom stereocenters. The average Bonchev–Trinajstić information content (AvgIpc) is 1.98. The van der Waals surface area contributed by atoms with Gasteiger partial charge in [0.05, 0.1) is 6.10 Å². The van der Waals surface area contributed by atoms with E-state index in [4.69, 9.17) is 0 Å². The van der Waals surface area contributed by atoms with Gasteiger partial charge in [-0.15, -0.1) is 6.58 Å². The number of nitrogens with one attached hydrogen (secondary N) is 1. The van der Waals surface area contributed by atoms with Gasteiger partial charge in [0.15, 0.2) is 0 Å². The fraction of sp³-hybridized carbons (Fsp3) is 0.750. The summed E-state index contributed by atoms with van der Waals surface area (Å²) in [5, 5.41) is 12.3. The van der Waals surface area contributed by atoms with Gasteiger partial charge in [-0.25, -0.2) is 0 Å². The van der Waals surface area contributed by atoms with Gasteiger partial charge in [0.25, 0.3) is 0 Å². The highest BCUT2D eigenvalue weighted by Crippen LogP contribution is 1.92. The van der Waals surface area contributed by atoms with Crippen LogP contribution in [0, 0.1) is 0 Å². The van der Waals surface area contributed by atoms with Gasteiger partial charge in [-0.1, -0.05) is 13.0 Å². The predicted octanol–water partition coefficient (Wildman–Crippen LogP) is 0.921. The van der Waals surface area contributed by atoms with Crippen LogP contribution in [0.5, 0.6) is 0 Å². The fourth-order valence-electron chi connectivity index (χ4n) is 0.697. The SMILES string of the molecule is C=C[C@H](O)[C@@H](C)NCCC. The third kappa shape index (κ3) is 3.64. The molecule has 2 heteroatoms. The Kier molecular flexibility index (Phi) is 5.26. The topological polar surface area (TPSA) is 32.3 Å². The second-order valence-corrected chi connectivity index (χ2v) is 2.47. The zero-order valence-electron chi connectivity index (χ0n) is 6.80. The summed E-state index contributed by atoms with van der Waals surface area (Å²) < 4.78 is 0. The molecular weight excluding hydrogens is 126 g/mol. The van der Waals surface area contributed by atoms with Crippen molar-refractivity contribution >= 4 is 0 Å². The molecular formula is C8H17NO. The van der Waals surface area contributed by atoms with Crippen molar-refractivity contribution in [1.29, 1.82) is 0 Å². The Morgan fingerprint density at radius 3 is 2.70 bits per heavy atom. The first-order valence-electron chi connectivity index (χ1n) is 3.76. The van der Waals surface area contributed by atoms with Gasteiger partial charge in [-0.05, 0) is 19.9 Å².